The molecule has 0 aliphatic heterocycles. The molecule has 0 spiro atoms. The van der Waals surface area contributed by atoms with Crippen molar-refractivity contribution in [2.45, 2.75) is 17.1 Å². The van der Waals surface area contributed by atoms with E-state index in [2.05, 4.69) is 15.0 Å². The van der Waals surface area contributed by atoms with E-state index >= 15 is 0 Å². The molecular formula is C11H9N3O2S. The second-order valence-electron chi connectivity index (χ2n) is 3.23. The Labute approximate surface area is 102 Å². The minimum Gasteiger partial charge on any atom is -0.478 e. The summed E-state index contributed by atoms with van der Waals surface area (Å²) in [5.74, 6) is -1.02. The van der Waals surface area contributed by atoms with Crippen molar-refractivity contribution in [1.29, 1.82) is 0 Å². The number of carboxylic acid groups (broad SMARTS) is 1. The van der Waals surface area contributed by atoms with Crippen molar-refractivity contribution in [3.63, 3.8) is 0 Å². The van der Waals surface area contributed by atoms with Crippen molar-refractivity contribution in [2.24, 2.45) is 0 Å². The van der Waals surface area contributed by atoms with E-state index in [1.54, 1.807) is 13.1 Å². The maximum absolute atomic E-state index is 10.8. The molecule has 0 radical (unpaired) electrons. The molecule has 0 saturated heterocycles. The van der Waals surface area contributed by atoms with Crippen LogP contribution in [0.15, 0.2) is 40.8 Å². The lowest BCUT2D eigenvalue weighted by molar-refractivity contribution is 0.0695. The summed E-state index contributed by atoms with van der Waals surface area (Å²) in [4.78, 5) is 23.0. The van der Waals surface area contributed by atoms with Crippen molar-refractivity contribution in [3.8, 4) is 0 Å². The number of aromatic nitrogens is 3. The topological polar surface area (TPSA) is 76.0 Å². The van der Waals surface area contributed by atoms with Gasteiger partial charge in [-0.25, -0.2) is 19.7 Å². The Morgan fingerprint density at radius 3 is 2.76 bits per heavy atom. The zero-order chi connectivity index (χ0) is 12.3. The van der Waals surface area contributed by atoms with Crippen LogP contribution in [0.1, 0.15) is 16.1 Å². The number of aryl methyl sites for hydroxylation is 1. The molecule has 0 aromatic carbocycles. The lowest BCUT2D eigenvalue weighted by atomic mass is 10.2. The van der Waals surface area contributed by atoms with Gasteiger partial charge in [-0.15, -0.1) is 0 Å². The minimum absolute atomic E-state index is 0.121. The number of hydrogen-bond acceptors (Lipinski definition) is 5. The molecule has 2 aromatic rings. The minimum atomic E-state index is -1.02. The molecule has 2 aromatic heterocycles. The first-order valence-electron chi connectivity index (χ1n) is 4.82. The molecule has 0 bridgehead atoms. The van der Waals surface area contributed by atoms with E-state index < -0.39 is 5.97 Å². The Morgan fingerprint density at radius 1 is 1.35 bits per heavy atom. The molecule has 0 atom stereocenters. The molecule has 0 fully saturated rings. The van der Waals surface area contributed by atoms with Crippen LogP contribution in [-0.4, -0.2) is 26.0 Å². The Balaban J connectivity index is 2.24. The number of carbonyl (C=O) groups is 1. The van der Waals surface area contributed by atoms with Gasteiger partial charge < -0.3 is 5.11 Å². The monoisotopic (exact) mass is 247 g/mol. The summed E-state index contributed by atoms with van der Waals surface area (Å²) >= 11 is 1.30. The second-order valence-corrected chi connectivity index (χ2v) is 4.21. The van der Waals surface area contributed by atoms with Gasteiger partial charge in [0, 0.05) is 12.4 Å². The first-order valence-corrected chi connectivity index (χ1v) is 5.64. The summed E-state index contributed by atoms with van der Waals surface area (Å²) in [6.45, 7) is 1.65. The van der Waals surface area contributed by atoms with E-state index in [0.29, 0.717) is 10.9 Å². The summed E-state index contributed by atoms with van der Waals surface area (Å²) in [6, 6.07) is 5.53. The van der Waals surface area contributed by atoms with Crippen LogP contribution in [0.2, 0.25) is 0 Å². The molecule has 6 heteroatoms. The van der Waals surface area contributed by atoms with Crippen LogP contribution in [0.25, 0.3) is 0 Å². The predicted molar refractivity (Wildman–Crippen MR) is 62.1 cm³/mol. The lowest BCUT2D eigenvalue weighted by Crippen LogP contribution is -2.03. The zero-order valence-electron chi connectivity index (χ0n) is 8.99. The fourth-order valence-electron chi connectivity index (χ4n) is 1.21. The first-order chi connectivity index (χ1) is 8.16. The highest BCUT2D eigenvalue weighted by atomic mass is 32.2. The molecule has 86 valence electrons. The number of nitrogens with zero attached hydrogens (tertiary/aromatic N) is 3. The summed E-state index contributed by atoms with van der Waals surface area (Å²) < 4.78 is 0. The van der Waals surface area contributed by atoms with Gasteiger partial charge >= 0.3 is 5.97 Å². The van der Waals surface area contributed by atoms with Crippen LogP contribution in [0.5, 0.6) is 0 Å². The van der Waals surface area contributed by atoms with E-state index in [9.17, 15) is 4.79 Å². The molecule has 0 saturated carbocycles. The normalized spacial score (nSPS) is 10.2. The zero-order valence-corrected chi connectivity index (χ0v) is 9.81. The Bertz CT molecular complexity index is 546. The fourth-order valence-corrected chi connectivity index (χ4v) is 1.94. The molecular weight excluding hydrogens is 238 g/mol. The van der Waals surface area contributed by atoms with Crippen molar-refractivity contribution in [1.82, 2.24) is 15.0 Å². The molecule has 0 amide bonds. The smallest absolute Gasteiger partial charge is 0.339 e. The third kappa shape index (κ3) is 2.79. The van der Waals surface area contributed by atoms with Gasteiger partial charge in [-0.2, -0.15) is 0 Å². The SMILES string of the molecule is Cc1nc(Sc2ccccn2)ncc1C(=O)O. The van der Waals surface area contributed by atoms with Gasteiger partial charge in [-0.05, 0) is 30.8 Å². The summed E-state index contributed by atoms with van der Waals surface area (Å²) in [6.07, 6.45) is 3.00. The first kappa shape index (κ1) is 11.5. The Hall–Kier alpha value is -1.95. The number of hydrogen-bond donors (Lipinski definition) is 1. The maximum atomic E-state index is 10.8. The highest BCUT2D eigenvalue weighted by Crippen LogP contribution is 2.22. The molecule has 1 N–H and O–H groups in total. The van der Waals surface area contributed by atoms with Crippen LogP contribution in [0.3, 0.4) is 0 Å². The van der Waals surface area contributed by atoms with Crippen molar-refractivity contribution in [2.75, 3.05) is 0 Å². The largest absolute Gasteiger partial charge is 0.478 e. The number of aromatic carboxylic acids is 1. The van der Waals surface area contributed by atoms with E-state index in [4.69, 9.17) is 5.11 Å². The molecule has 17 heavy (non-hydrogen) atoms. The predicted octanol–water partition coefficient (Wildman–Crippen LogP) is 2.03. The van der Waals surface area contributed by atoms with Crippen molar-refractivity contribution >= 4 is 17.7 Å². The average molecular weight is 247 g/mol. The number of pyridine rings is 1. The Kier molecular flexibility index (Phi) is 3.34. The van der Waals surface area contributed by atoms with Gasteiger partial charge in [0.25, 0.3) is 0 Å². The standard InChI is InChI=1S/C11H9N3O2S/c1-7-8(10(15)16)6-13-11(14-7)17-9-4-2-3-5-12-9/h2-6H,1H3,(H,15,16). The summed E-state index contributed by atoms with van der Waals surface area (Å²) in [5.41, 5.74) is 0.571. The molecule has 0 aliphatic rings. The van der Waals surface area contributed by atoms with E-state index in [1.165, 1.54) is 18.0 Å². The van der Waals surface area contributed by atoms with Gasteiger partial charge in [0.1, 0.15) is 5.03 Å². The van der Waals surface area contributed by atoms with Gasteiger partial charge in [-0.1, -0.05) is 6.07 Å². The van der Waals surface area contributed by atoms with Crippen molar-refractivity contribution in [3.05, 3.63) is 41.9 Å². The van der Waals surface area contributed by atoms with Gasteiger partial charge in [0.15, 0.2) is 5.16 Å². The third-order valence-electron chi connectivity index (χ3n) is 2.02. The summed E-state index contributed by atoms with van der Waals surface area (Å²) in [7, 11) is 0. The second kappa shape index (κ2) is 4.92. The molecule has 0 unspecified atom stereocenters. The summed E-state index contributed by atoms with van der Waals surface area (Å²) in [5, 5.41) is 10.1. The van der Waals surface area contributed by atoms with E-state index in [-0.39, 0.29) is 5.56 Å². The van der Waals surface area contributed by atoms with Crippen LogP contribution in [0.4, 0.5) is 0 Å². The highest BCUT2D eigenvalue weighted by Gasteiger charge is 2.10. The Morgan fingerprint density at radius 2 is 2.18 bits per heavy atom. The molecule has 2 rings (SSSR count). The molecule has 2 heterocycles. The number of rotatable bonds is 3. The van der Waals surface area contributed by atoms with Crippen molar-refractivity contribution < 1.29 is 9.90 Å². The fraction of sp³-hybridized carbons (Fsp3) is 0.0909. The van der Waals surface area contributed by atoms with Crippen LogP contribution >= 0.6 is 11.8 Å². The van der Waals surface area contributed by atoms with E-state index in [0.717, 1.165) is 5.03 Å². The maximum Gasteiger partial charge on any atom is 0.339 e. The third-order valence-corrected chi connectivity index (χ3v) is 2.85. The van der Waals surface area contributed by atoms with Crippen LogP contribution in [-0.2, 0) is 0 Å². The molecule has 5 nitrogen and oxygen atoms in total. The average Bonchev–Trinajstić information content (AvgIpc) is 2.30. The molecule has 0 aliphatic carbocycles. The highest BCUT2D eigenvalue weighted by molar-refractivity contribution is 7.99. The van der Waals surface area contributed by atoms with E-state index in [1.807, 2.05) is 18.2 Å². The van der Waals surface area contributed by atoms with Crippen LogP contribution in [0, 0.1) is 6.92 Å². The quantitative estimate of drug-likeness (QED) is 0.836. The number of carboxylic acids is 1. The van der Waals surface area contributed by atoms with Gasteiger partial charge in [-0.3, -0.25) is 0 Å². The lowest BCUT2D eigenvalue weighted by Gasteiger charge is -2.02. The van der Waals surface area contributed by atoms with Crippen LogP contribution < -0.4 is 0 Å². The van der Waals surface area contributed by atoms with Gasteiger partial charge in [0.05, 0.1) is 11.3 Å². The van der Waals surface area contributed by atoms with Gasteiger partial charge in [0.2, 0.25) is 0 Å².